The number of nitrogens with zero attached hydrogens (tertiary/aromatic N) is 3. The molecule has 1 aliphatic rings. The number of carbonyl (C=O) groups excluding carboxylic acids is 1. The minimum atomic E-state index is 0.0831. The van der Waals surface area contributed by atoms with Gasteiger partial charge in [-0.05, 0) is 29.0 Å². The molecule has 3 aromatic rings. The van der Waals surface area contributed by atoms with Gasteiger partial charge >= 0.3 is 0 Å². The number of rotatable bonds is 4. The molecular formula is C22H23N3O2. The monoisotopic (exact) mass is 361 g/mol. The largest absolute Gasteiger partial charge is 0.496 e. The molecule has 0 atom stereocenters. The fraction of sp³-hybridized carbons (Fsp3) is 0.273. The van der Waals surface area contributed by atoms with Crippen LogP contribution in [0.2, 0.25) is 0 Å². The summed E-state index contributed by atoms with van der Waals surface area (Å²) in [6.07, 6.45) is 3.33. The molecule has 1 aliphatic heterocycles. The van der Waals surface area contributed by atoms with E-state index in [2.05, 4.69) is 40.2 Å². The van der Waals surface area contributed by atoms with E-state index in [0.29, 0.717) is 5.56 Å². The number of hydrogen-bond donors (Lipinski definition) is 0. The molecule has 2 heterocycles. The minimum Gasteiger partial charge on any atom is -0.496 e. The van der Waals surface area contributed by atoms with Crippen LogP contribution in [-0.2, 0) is 6.54 Å². The van der Waals surface area contributed by atoms with Crippen LogP contribution in [0.3, 0.4) is 0 Å². The van der Waals surface area contributed by atoms with Crippen LogP contribution in [0.15, 0.2) is 60.9 Å². The summed E-state index contributed by atoms with van der Waals surface area (Å²) in [5.74, 6) is 1.00. The van der Waals surface area contributed by atoms with Crippen LogP contribution in [0, 0.1) is 0 Å². The van der Waals surface area contributed by atoms with Crippen LogP contribution in [0.4, 0.5) is 0 Å². The van der Waals surface area contributed by atoms with Crippen LogP contribution in [0.5, 0.6) is 5.75 Å². The maximum atomic E-state index is 12.6. The third-order valence-corrected chi connectivity index (χ3v) is 5.19. The van der Waals surface area contributed by atoms with Crippen molar-refractivity contribution in [2.45, 2.75) is 6.54 Å². The van der Waals surface area contributed by atoms with Crippen molar-refractivity contribution in [1.29, 1.82) is 0 Å². The zero-order chi connectivity index (χ0) is 18.6. The Labute approximate surface area is 159 Å². The Kier molecular flexibility index (Phi) is 5.03. The number of ether oxygens (including phenoxy) is 1. The molecule has 4 rings (SSSR count). The standard InChI is InChI=1S/C22H23N3O2/c1-27-21-7-6-17-4-2-3-5-19(17)20(21)16-24-12-14-25(15-13-24)22(26)18-8-10-23-11-9-18/h2-11H,12-16H2,1H3. The van der Waals surface area contributed by atoms with Gasteiger partial charge in [0, 0.05) is 56.2 Å². The highest BCUT2D eigenvalue weighted by Crippen LogP contribution is 2.29. The van der Waals surface area contributed by atoms with Crippen LogP contribution in [0.25, 0.3) is 10.8 Å². The Hall–Kier alpha value is -2.92. The van der Waals surface area contributed by atoms with Crippen molar-refractivity contribution in [3.63, 3.8) is 0 Å². The summed E-state index contributed by atoms with van der Waals surface area (Å²) in [7, 11) is 1.72. The average molecular weight is 361 g/mol. The van der Waals surface area contributed by atoms with Gasteiger partial charge in [-0.2, -0.15) is 0 Å². The summed E-state index contributed by atoms with van der Waals surface area (Å²) >= 11 is 0. The van der Waals surface area contributed by atoms with Gasteiger partial charge in [0.05, 0.1) is 7.11 Å². The van der Waals surface area contributed by atoms with E-state index < -0.39 is 0 Å². The Morgan fingerprint density at radius 1 is 1.00 bits per heavy atom. The first kappa shape index (κ1) is 17.5. The second-order valence-corrected chi connectivity index (χ2v) is 6.77. The molecule has 138 valence electrons. The van der Waals surface area contributed by atoms with Gasteiger partial charge < -0.3 is 9.64 Å². The van der Waals surface area contributed by atoms with Crippen molar-refractivity contribution in [2.75, 3.05) is 33.3 Å². The van der Waals surface area contributed by atoms with Crippen LogP contribution in [0.1, 0.15) is 15.9 Å². The van der Waals surface area contributed by atoms with Crippen LogP contribution < -0.4 is 4.74 Å². The molecular weight excluding hydrogens is 338 g/mol. The Morgan fingerprint density at radius 3 is 2.48 bits per heavy atom. The smallest absolute Gasteiger partial charge is 0.254 e. The molecule has 0 N–H and O–H groups in total. The van der Waals surface area contributed by atoms with Crippen molar-refractivity contribution in [2.24, 2.45) is 0 Å². The highest BCUT2D eigenvalue weighted by molar-refractivity contribution is 5.94. The van der Waals surface area contributed by atoms with Gasteiger partial charge in [-0.15, -0.1) is 0 Å². The van der Waals surface area contributed by atoms with E-state index in [1.54, 1.807) is 31.6 Å². The number of piperazine rings is 1. The Balaban J connectivity index is 1.47. The first-order valence-electron chi connectivity index (χ1n) is 9.22. The molecule has 0 aliphatic carbocycles. The number of methoxy groups -OCH3 is 1. The van der Waals surface area contributed by atoms with E-state index in [1.807, 2.05) is 11.0 Å². The average Bonchev–Trinajstić information content (AvgIpc) is 2.74. The normalized spacial score (nSPS) is 15.1. The van der Waals surface area contributed by atoms with Crippen LogP contribution in [-0.4, -0.2) is 54.0 Å². The van der Waals surface area contributed by atoms with Crippen molar-refractivity contribution >= 4 is 16.7 Å². The molecule has 2 aromatic carbocycles. The summed E-state index contributed by atoms with van der Waals surface area (Å²) in [6, 6.07) is 16.1. The molecule has 5 nitrogen and oxygen atoms in total. The number of carbonyl (C=O) groups is 1. The third kappa shape index (κ3) is 3.64. The Morgan fingerprint density at radius 2 is 1.74 bits per heavy atom. The fourth-order valence-electron chi connectivity index (χ4n) is 3.68. The maximum absolute atomic E-state index is 12.6. The van der Waals surface area contributed by atoms with Gasteiger partial charge in [0.1, 0.15) is 5.75 Å². The second kappa shape index (κ2) is 7.76. The van der Waals surface area contributed by atoms with Gasteiger partial charge in [0.25, 0.3) is 5.91 Å². The van der Waals surface area contributed by atoms with E-state index in [1.165, 1.54) is 16.3 Å². The number of aromatic nitrogens is 1. The summed E-state index contributed by atoms with van der Waals surface area (Å²) in [5, 5.41) is 2.45. The molecule has 1 saturated heterocycles. The van der Waals surface area contributed by atoms with E-state index in [0.717, 1.165) is 38.5 Å². The molecule has 1 fully saturated rings. The lowest BCUT2D eigenvalue weighted by Gasteiger charge is -2.35. The lowest BCUT2D eigenvalue weighted by Crippen LogP contribution is -2.48. The SMILES string of the molecule is COc1ccc2ccccc2c1CN1CCN(C(=O)c2ccncc2)CC1. The number of fused-ring (bicyclic) bond motifs is 1. The van der Waals surface area contributed by atoms with E-state index in [4.69, 9.17) is 4.74 Å². The van der Waals surface area contributed by atoms with Gasteiger partial charge in [-0.3, -0.25) is 14.7 Å². The highest BCUT2D eigenvalue weighted by atomic mass is 16.5. The Bertz CT molecular complexity index is 935. The molecule has 0 unspecified atom stereocenters. The number of hydrogen-bond acceptors (Lipinski definition) is 4. The highest BCUT2D eigenvalue weighted by Gasteiger charge is 2.23. The van der Waals surface area contributed by atoms with Crippen molar-refractivity contribution < 1.29 is 9.53 Å². The number of benzene rings is 2. The first-order chi connectivity index (χ1) is 13.3. The summed E-state index contributed by atoms with van der Waals surface area (Å²) in [4.78, 5) is 20.9. The van der Waals surface area contributed by atoms with Crippen LogP contribution >= 0.6 is 0 Å². The van der Waals surface area contributed by atoms with E-state index in [-0.39, 0.29) is 5.91 Å². The first-order valence-corrected chi connectivity index (χ1v) is 9.22. The second-order valence-electron chi connectivity index (χ2n) is 6.77. The summed E-state index contributed by atoms with van der Waals surface area (Å²) < 4.78 is 5.62. The predicted octanol–water partition coefficient (Wildman–Crippen LogP) is 3.20. The van der Waals surface area contributed by atoms with Crippen molar-refractivity contribution in [3.05, 3.63) is 72.1 Å². The fourth-order valence-corrected chi connectivity index (χ4v) is 3.68. The summed E-state index contributed by atoms with van der Waals surface area (Å²) in [6.45, 7) is 3.98. The van der Waals surface area contributed by atoms with E-state index >= 15 is 0 Å². The molecule has 1 amide bonds. The lowest BCUT2D eigenvalue weighted by molar-refractivity contribution is 0.0628. The van der Waals surface area contributed by atoms with E-state index in [9.17, 15) is 4.79 Å². The predicted molar refractivity (Wildman–Crippen MR) is 106 cm³/mol. The van der Waals surface area contributed by atoms with Gasteiger partial charge in [-0.1, -0.05) is 30.3 Å². The van der Waals surface area contributed by atoms with Gasteiger partial charge in [0.2, 0.25) is 0 Å². The molecule has 5 heteroatoms. The molecule has 0 saturated carbocycles. The maximum Gasteiger partial charge on any atom is 0.254 e. The van der Waals surface area contributed by atoms with Gasteiger partial charge in [0.15, 0.2) is 0 Å². The van der Waals surface area contributed by atoms with Gasteiger partial charge in [-0.25, -0.2) is 0 Å². The molecule has 0 radical (unpaired) electrons. The lowest BCUT2D eigenvalue weighted by atomic mass is 10.0. The molecule has 0 bridgehead atoms. The molecule has 27 heavy (non-hydrogen) atoms. The molecule has 0 spiro atoms. The minimum absolute atomic E-state index is 0.0831. The topological polar surface area (TPSA) is 45.7 Å². The van der Waals surface area contributed by atoms with Crippen molar-refractivity contribution in [3.8, 4) is 5.75 Å². The third-order valence-electron chi connectivity index (χ3n) is 5.19. The quantitative estimate of drug-likeness (QED) is 0.716. The van der Waals surface area contributed by atoms with Crippen molar-refractivity contribution in [1.82, 2.24) is 14.8 Å². The summed E-state index contributed by atoms with van der Waals surface area (Å²) in [5.41, 5.74) is 1.92. The zero-order valence-electron chi connectivity index (χ0n) is 15.5. The number of pyridine rings is 1. The number of amides is 1. The molecule has 1 aromatic heterocycles. The zero-order valence-corrected chi connectivity index (χ0v) is 15.5.